The number of esters is 1. The molecule has 0 aliphatic heterocycles. The number of fused-ring (bicyclic) bond motifs is 1. The first-order chi connectivity index (χ1) is 9.99. The lowest BCUT2D eigenvalue weighted by molar-refractivity contribution is -0.384. The number of rotatable bonds is 5. The maximum atomic E-state index is 11.6. The first-order valence-corrected chi connectivity index (χ1v) is 6.73. The lowest BCUT2D eigenvalue weighted by Gasteiger charge is -2.00. The van der Waals surface area contributed by atoms with Gasteiger partial charge in [-0.3, -0.25) is 19.7 Å². The van der Waals surface area contributed by atoms with E-state index in [1.165, 1.54) is 25.3 Å². The Morgan fingerprint density at radius 3 is 2.86 bits per heavy atom. The highest BCUT2D eigenvalue weighted by Gasteiger charge is 2.12. The van der Waals surface area contributed by atoms with Crippen LogP contribution >= 0.6 is 11.3 Å². The van der Waals surface area contributed by atoms with Crippen LogP contribution in [-0.2, 0) is 14.3 Å². The highest BCUT2D eigenvalue weighted by Crippen LogP contribution is 2.29. The summed E-state index contributed by atoms with van der Waals surface area (Å²) >= 11 is 1.13. The topological polar surface area (TPSA) is 111 Å². The lowest BCUT2D eigenvalue weighted by atomic mass is 10.3. The average molecular weight is 309 g/mol. The fourth-order valence-electron chi connectivity index (χ4n) is 1.58. The Morgan fingerprint density at radius 2 is 2.19 bits per heavy atom. The van der Waals surface area contributed by atoms with Crippen molar-refractivity contribution in [2.24, 2.45) is 0 Å². The number of nitro groups is 1. The first-order valence-electron chi connectivity index (χ1n) is 5.91. The standard InChI is InChI=1S/C12H11N3O5S/c1-20-11(17)5-4-10(16)14-12-13-8-3-2-7(15(18)19)6-9(8)21-12/h2-3,6H,4-5H2,1H3,(H,13,14,16). The van der Waals surface area contributed by atoms with Crippen LogP contribution < -0.4 is 5.32 Å². The Kier molecular flexibility index (Phi) is 4.43. The van der Waals surface area contributed by atoms with Crippen molar-refractivity contribution in [3.63, 3.8) is 0 Å². The zero-order valence-electron chi connectivity index (χ0n) is 11.0. The van der Waals surface area contributed by atoms with Gasteiger partial charge in [-0.15, -0.1) is 0 Å². The van der Waals surface area contributed by atoms with Crippen molar-refractivity contribution in [2.45, 2.75) is 12.8 Å². The molecule has 2 rings (SSSR count). The van der Waals surface area contributed by atoms with E-state index in [9.17, 15) is 19.7 Å². The van der Waals surface area contributed by atoms with Crippen LogP contribution in [0.5, 0.6) is 0 Å². The molecule has 9 heteroatoms. The molecule has 2 aromatic rings. The smallest absolute Gasteiger partial charge is 0.306 e. The van der Waals surface area contributed by atoms with Gasteiger partial charge in [0.2, 0.25) is 5.91 Å². The van der Waals surface area contributed by atoms with Crippen LogP contribution in [0.2, 0.25) is 0 Å². The maximum Gasteiger partial charge on any atom is 0.306 e. The summed E-state index contributed by atoms with van der Waals surface area (Å²) < 4.78 is 5.04. The predicted molar refractivity (Wildman–Crippen MR) is 76.2 cm³/mol. The zero-order chi connectivity index (χ0) is 15.4. The fourth-order valence-corrected chi connectivity index (χ4v) is 2.49. The van der Waals surface area contributed by atoms with Gasteiger partial charge in [0, 0.05) is 18.6 Å². The van der Waals surface area contributed by atoms with Crippen molar-refractivity contribution in [3.8, 4) is 0 Å². The molecule has 1 aromatic heterocycles. The normalized spacial score (nSPS) is 10.3. The Labute approximate surface area is 122 Å². The summed E-state index contributed by atoms with van der Waals surface area (Å²) in [6, 6.07) is 4.27. The highest BCUT2D eigenvalue weighted by atomic mass is 32.1. The second-order valence-corrected chi connectivity index (χ2v) is 5.08. The summed E-state index contributed by atoms with van der Waals surface area (Å²) in [5.74, 6) is -0.834. The minimum atomic E-state index is -0.492. The fraction of sp³-hybridized carbons (Fsp3) is 0.250. The van der Waals surface area contributed by atoms with E-state index in [4.69, 9.17) is 0 Å². The monoisotopic (exact) mass is 309 g/mol. The Hall–Kier alpha value is -2.55. The number of carbonyl (C=O) groups excluding carboxylic acids is 2. The van der Waals surface area contributed by atoms with Crippen molar-refractivity contribution >= 4 is 44.2 Å². The van der Waals surface area contributed by atoms with Crippen LogP contribution in [-0.4, -0.2) is 28.9 Å². The number of aromatic nitrogens is 1. The first kappa shape index (κ1) is 14.9. The molecule has 0 spiro atoms. The van der Waals surface area contributed by atoms with Crippen LogP contribution in [0.1, 0.15) is 12.8 Å². The van der Waals surface area contributed by atoms with E-state index in [0.29, 0.717) is 15.3 Å². The van der Waals surface area contributed by atoms with Crippen LogP contribution in [0.15, 0.2) is 18.2 Å². The van der Waals surface area contributed by atoms with Crippen molar-refractivity contribution in [1.82, 2.24) is 4.98 Å². The van der Waals surface area contributed by atoms with Gasteiger partial charge in [-0.2, -0.15) is 0 Å². The number of non-ortho nitro benzene ring substituents is 1. The molecule has 0 atom stereocenters. The number of ether oxygens (including phenoxy) is 1. The summed E-state index contributed by atoms with van der Waals surface area (Å²) in [5.41, 5.74) is 0.531. The second kappa shape index (κ2) is 6.27. The minimum Gasteiger partial charge on any atom is -0.469 e. The van der Waals surface area contributed by atoms with Crippen molar-refractivity contribution in [1.29, 1.82) is 0 Å². The number of benzene rings is 1. The molecule has 1 amide bonds. The molecule has 1 aromatic carbocycles. The maximum absolute atomic E-state index is 11.6. The molecule has 110 valence electrons. The third kappa shape index (κ3) is 3.72. The minimum absolute atomic E-state index is 0.0112. The second-order valence-electron chi connectivity index (χ2n) is 4.05. The van der Waals surface area contributed by atoms with Gasteiger partial charge in [-0.25, -0.2) is 4.98 Å². The van der Waals surface area contributed by atoms with Crippen molar-refractivity contribution < 1.29 is 19.2 Å². The van der Waals surface area contributed by atoms with Gasteiger partial charge in [0.1, 0.15) is 0 Å². The molecule has 1 N–H and O–H groups in total. The molecule has 21 heavy (non-hydrogen) atoms. The van der Waals surface area contributed by atoms with E-state index < -0.39 is 10.9 Å². The Morgan fingerprint density at radius 1 is 1.43 bits per heavy atom. The van der Waals surface area contributed by atoms with Crippen molar-refractivity contribution in [3.05, 3.63) is 28.3 Å². The molecule has 0 fully saturated rings. The highest BCUT2D eigenvalue weighted by molar-refractivity contribution is 7.22. The van der Waals surface area contributed by atoms with Crippen LogP contribution in [0.3, 0.4) is 0 Å². The van der Waals surface area contributed by atoms with Gasteiger partial charge in [-0.05, 0) is 6.07 Å². The van der Waals surface area contributed by atoms with Crippen LogP contribution in [0.4, 0.5) is 10.8 Å². The van der Waals surface area contributed by atoms with E-state index in [2.05, 4.69) is 15.0 Å². The van der Waals surface area contributed by atoms with Crippen LogP contribution in [0.25, 0.3) is 10.2 Å². The van der Waals surface area contributed by atoms with E-state index in [-0.39, 0.29) is 24.4 Å². The molecular weight excluding hydrogens is 298 g/mol. The van der Waals surface area contributed by atoms with Crippen molar-refractivity contribution in [2.75, 3.05) is 12.4 Å². The van der Waals surface area contributed by atoms with Gasteiger partial charge < -0.3 is 10.1 Å². The predicted octanol–water partition coefficient (Wildman–Crippen LogP) is 2.10. The summed E-state index contributed by atoms with van der Waals surface area (Å²) in [6.07, 6.45) is -0.0263. The third-order valence-corrected chi connectivity index (χ3v) is 3.55. The van der Waals surface area contributed by atoms with Gasteiger partial charge in [0.15, 0.2) is 5.13 Å². The molecule has 8 nitrogen and oxygen atoms in total. The molecular formula is C12H11N3O5S. The Bertz CT molecular complexity index is 712. The summed E-state index contributed by atoms with van der Waals surface area (Å²) in [6.45, 7) is 0. The number of nitrogens with one attached hydrogen (secondary N) is 1. The summed E-state index contributed by atoms with van der Waals surface area (Å²) in [7, 11) is 1.25. The summed E-state index contributed by atoms with van der Waals surface area (Å²) in [4.78, 5) is 36.9. The molecule has 0 bridgehead atoms. The number of amides is 1. The number of anilines is 1. The number of nitrogens with zero attached hydrogens (tertiary/aromatic N) is 2. The lowest BCUT2D eigenvalue weighted by Crippen LogP contribution is -2.13. The van der Waals surface area contributed by atoms with Crippen LogP contribution in [0, 0.1) is 10.1 Å². The number of thiazole rings is 1. The quantitative estimate of drug-likeness (QED) is 0.514. The molecule has 0 unspecified atom stereocenters. The number of hydrogen-bond acceptors (Lipinski definition) is 7. The van der Waals surface area contributed by atoms with E-state index in [0.717, 1.165) is 11.3 Å². The molecule has 0 radical (unpaired) electrons. The SMILES string of the molecule is COC(=O)CCC(=O)Nc1nc2ccc([N+](=O)[O-])cc2s1. The zero-order valence-corrected chi connectivity index (χ0v) is 11.8. The van der Waals surface area contributed by atoms with E-state index in [1.807, 2.05) is 0 Å². The molecule has 0 aliphatic carbocycles. The van der Waals surface area contributed by atoms with Gasteiger partial charge >= 0.3 is 5.97 Å². The van der Waals surface area contributed by atoms with Gasteiger partial charge in [-0.1, -0.05) is 11.3 Å². The number of nitro benzene ring substituents is 1. The third-order valence-electron chi connectivity index (χ3n) is 2.61. The number of hydrogen-bond donors (Lipinski definition) is 1. The number of carbonyl (C=O) groups is 2. The molecule has 0 saturated carbocycles. The number of methoxy groups -OCH3 is 1. The largest absolute Gasteiger partial charge is 0.469 e. The Balaban J connectivity index is 2.07. The average Bonchev–Trinajstić information content (AvgIpc) is 2.85. The van der Waals surface area contributed by atoms with Gasteiger partial charge in [0.05, 0.1) is 28.7 Å². The molecule has 0 saturated heterocycles. The van der Waals surface area contributed by atoms with E-state index in [1.54, 1.807) is 0 Å². The molecule has 0 aliphatic rings. The van der Waals surface area contributed by atoms with Gasteiger partial charge in [0.25, 0.3) is 5.69 Å². The van der Waals surface area contributed by atoms with E-state index >= 15 is 0 Å². The summed E-state index contributed by atoms with van der Waals surface area (Å²) in [5, 5.41) is 13.6. The molecule has 1 heterocycles.